The molecule has 3 aromatic rings. The molecule has 0 spiro atoms. The third kappa shape index (κ3) is 3.33. The summed E-state index contributed by atoms with van der Waals surface area (Å²) in [6.45, 7) is 4.37. The highest BCUT2D eigenvalue weighted by Crippen LogP contribution is 2.15. The molecule has 3 rings (SSSR count). The molecule has 120 valence electrons. The molecule has 0 bridgehead atoms. The summed E-state index contributed by atoms with van der Waals surface area (Å²) in [5.74, 6) is 0.830. The van der Waals surface area contributed by atoms with Crippen LogP contribution in [0.3, 0.4) is 0 Å². The predicted octanol–water partition coefficient (Wildman–Crippen LogP) is 1.61. The van der Waals surface area contributed by atoms with E-state index >= 15 is 0 Å². The molecule has 3 N–H and O–H groups in total. The Kier molecular flexibility index (Phi) is 3.78. The lowest BCUT2D eigenvalue weighted by Crippen LogP contribution is -2.12. The first-order valence-electron chi connectivity index (χ1n) is 7.02. The number of nitrogens with zero attached hydrogens (tertiary/aromatic N) is 3. The summed E-state index contributed by atoms with van der Waals surface area (Å²) in [5, 5.41) is 12.8. The number of rotatable bonds is 4. The molecule has 0 atom stereocenters. The molecular weight excluding hydrogens is 314 g/mol. The second-order valence-electron chi connectivity index (χ2n) is 5.38. The molecule has 23 heavy (non-hydrogen) atoms. The summed E-state index contributed by atoms with van der Waals surface area (Å²) in [6, 6.07) is 10.3. The van der Waals surface area contributed by atoms with Gasteiger partial charge in [0.15, 0.2) is 5.65 Å². The van der Waals surface area contributed by atoms with Gasteiger partial charge in [0.05, 0.1) is 10.6 Å². The van der Waals surface area contributed by atoms with Crippen molar-refractivity contribution in [2.75, 3.05) is 5.32 Å². The number of fused-ring (bicyclic) bond motifs is 1. The van der Waals surface area contributed by atoms with Crippen LogP contribution in [0.2, 0.25) is 0 Å². The van der Waals surface area contributed by atoms with E-state index in [0.717, 1.165) is 28.4 Å². The Morgan fingerprint density at radius 2 is 1.83 bits per heavy atom. The van der Waals surface area contributed by atoms with Crippen molar-refractivity contribution in [1.82, 2.24) is 14.6 Å². The maximum atomic E-state index is 11.3. The molecule has 0 saturated carbocycles. The lowest BCUT2D eigenvalue weighted by Gasteiger charge is -2.09. The Morgan fingerprint density at radius 3 is 2.48 bits per heavy atom. The van der Waals surface area contributed by atoms with Crippen LogP contribution in [-0.4, -0.2) is 23.0 Å². The molecule has 0 unspecified atom stereocenters. The molecule has 2 aromatic heterocycles. The van der Waals surface area contributed by atoms with E-state index in [9.17, 15) is 8.42 Å². The topological polar surface area (TPSA) is 102 Å². The lowest BCUT2D eigenvalue weighted by molar-refractivity contribution is 0.598. The minimum absolute atomic E-state index is 0.103. The van der Waals surface area contributed by atoms with Gasteiger partial charge in [-0.3, -0.25) is 0 Å². The van der Waals surface area contributed by atoms with Crippen LogP contribution in [0.4, 0.5) is 5.82 Å². The number of nitrogens with two attached hydrogens (primary N) is 1. The van der Waals surface area contributed by atoms with Crippen LogP contribution < -0.4 is 10.5 Å². The number of anilines is 1. The molecule has 1 aromatic carbocycles. The van der Waals surface area contributed by atoms with Crippen molar-refractivity contribution in [2.24, 2.45) is 5.14 Å². The molecule has 0 aliphatic carbocycles. The normalized spacial score (nSPS) is 11.8. The molecule has 0 aliphatic heterocycles. The minimum atomic E-state index is -3.66. The van der Waals surface area contributed by atoms with E-state index in [1.807, 2.05) is 26.0 Å². The fraction of sp³-hybridized carbons (Fsp3) is 0.200. The minimum Gasteiger partial charge on any atom is -0.366 e. The van der Waals surface area contributed by atoms with Crippen LogP contribution in [0.25, 0.3) is 5.65 Å². The van der Waals surface area contributed by atoms with Crippen molar-refractivity contribution in [1.29, 1.82) is 0 Å². The Balaban J connectivity index is 1.83. The van der Waals surface area contributed by atoms with Crippen LogP contribution in [0.1, 0.15) is 17.0 Å². The second-order valence-corrected chi connectivity index (χ2v) is 6.94. The van der Waals surface area contributed by atoms with Crippen LogP contribution in [0.15, 0.2) is 41.3 Å². The van der Waals surface area contributed by atoms with E-state index in [-0.39, 0.29) is 4.90 Å². The third-order valence-electron chi connectivity index (χ3n) is 3.40. The first-order chi connectivity index (χ1) is 10.8. The Morgan fingerprint density at radius 1 is 1.13 bits per heavy atom. The van der Waals surface area contributed by atoms with Crippen molar-refractivity contribution >= 4 is 21.5 Å². The molecule has 0 radical (unpaired) electrons. The standard InChI is InChI=1S/C15H17N5O2S/c1-10-7-14(20-15(18-10)8-11(2)19-20)17-9-12-3-5-13(6-4-12)23(16,21)22/h3-8,17H,9H2,1-2H3,(H2,16,21,22). The number of aromatic nitrogens is 3. The van der Waals surface area contributed by atoms with Gasteiger partial charge in [-0.1, -0.05) is 12.1 Å². The maximum Gasteiger partial charge on any atom is 0.238 e. The van der Waals surface area contributed by atoms with Gasteiger partial charge in [-0.2, -0.15) is 9.61 Å². The van der Waals surface area contributed by atoms with E-state index in [1.54, 1.807) is 16.6 Å². The summed E-state index contributed by atoms with van der Waals surface area (Å²) >= 11 is 0. The number of benzene rings is 1. The zero-order valence-electron chi connectivity index (χ0n) is 12.8. The molecule has 0 fully saturated rings. The summed E-state index contributed by atoms with van der Waals surface area (Å²) in [4.78, 5) is 4.53. The Labute approximate surface area is 134 Å². The van der Waals surface area contributed by atoms with E-state index in [0.29, 0.717) is 6.54 Å². The van der Waals surface area contributed by atoms with E-state index in [1.165, 1.54) is 12.1 Å². The Hall–Kier alpha value is -2.45. The molecular formula is C15H17N5O2S. The van der Waals surface area contributed by atoms with Gasteiger partial charge in [0.1, 0.15) is 5.82 Å². The fourth-order valence-electron chi connectivity index (χ4n) is 2.33. The number of nitrogens with one attached hydrogen (secondary N) is 1. The van der Waals surface area contributed by atoms with Crippen molar-refractivity contribution in [3.8, 4) is 0 Å². The predicted molar refractivity (Wildman–Crippen MR) is 87.6 cm³/mol. The van der Waals surface area contributed by atoms with Crippen molar-refractivity contribution in [2.45, 2.75) is 25.3 Å². The van der Waals surface area contributed by atoms with Gasteiger partial charge < -0.3 is 5.32 Å². The first kappa shape index (κ1) is 15.4. The largest absolute Gasteiger partial charge is 0.366 e. The van der Waals surface area contributed by atoms with Gasteiger partial charge in [0.2, 0.25) is 10.0 Å². The zero-order valence-corrected chi connectivity index (χ0v) is 13.6. The quantitative estimate of drug-likeness (QED) is 0.756. The fourth-order valence-corrected chi connectivity index (χ4v) is 2.85. The smallest absolute Gasteiger partial charge is 0.238 e. The van der Waals surface area contributed by atoms with Gasteiger partial charge in [0.25, 0.3) is 0 Å². The van der Waals surface area contributed by atoms with Crippen LogP contribution >= 0.6 is 0 Å². The molecule has 0 saturated heterocycles. The number of sulfonamides is 1. The van der Waals surface area contributed by atoms with Gasteiger partial charge in [-0.05, 0) is 31.5 Å². The highest BCUT2D eigenvalue weighted by molar-refractivity contribution is 7.89. The number of aryl methyl sites for hydroxylation is 2. The average molecular weight is 331 g/mol. The molecule has 8 heteroatoms. The van der Waals surface area contributed by atoms with Gasteiger partial charge >= 0.3 is 0 Å². The lowest BCUT2D eigenvalue weighted by atomic mass is 10.2. The first-order valence-corrected chi connectivity index (χ1v) is 8.57. The zero-order chi connectivity index (χ0) is 16.6. The van der Waals surface area contributed by atoms with E-state index < -0.39 is 10.0 Å². The van der Waals surface area contributed by atoms with Gasteiger partial charge in [0, 0.05) is 24.4 Å². The molecule has 0 aliphatic rings. The Bertz CT molecular complexity index is 961. The highest BCUT2D eigenvalue weighted by atomic mass is 32.2. The van der Waals surface area contributed by atoms with Crippen molar-refractivity contribution in [3.63, 3.8) is 0 Å². The SMILES string of the molecule is Cc1cc(NCc2ccc(S(N)(=O)=O)cc2)n2nc(C)cc2n1. The molecule has 7 nitrogen and oxygen atoms in total. The van der Waals surface area contributed by atoms with Gasteiger partial charge in [-0.25, -0.2) is 18.5 Å². The number of hydrogen-bond acceptors (Lipinski definition) is 5. The summed E-state index contributed by atoms with van der Waals surface area (Å²) < 4.78 is 24.3. The van der Waals surface area contributed by atoms with E-state index in [2.05, 4.69) is 15.4 Å². The highest BCUT2D eigenvalue weighted by Gasteiger charge is 2.08. The molecule has 0 amide bonds. The van der Waals surface area contributed by atoms with Crippen LogP contribution in [-0.2, 0) is 16.6 Å². The third-order valence-corrected chi connectivity index (χ3v) is 4.33. The van der Waals surface area contributed by atoms with Crippen LogP contribution in [0, 0.1) is 13.8 Å². The summed E-state index contributed by atoms with van der Waals surface area (Å²) in [7, 11) is -3.66. The van der Waals surface area contributed by atoms with Crippen molar-refractivity contribution < 1.29 is 8.42 Å². The maximum absolute atomic E-state index is 11.3. The average Bonchev–Trinajstić information content (AvgIpc) is 2.84. The number of primary sulfonamides is 1. The van der Waals surface area contributed by atoms with Crippen LogP contribution in [0.5, 0.6) is 0 Å². The molecule has 2 heterocycles. The summed E-state index contributed by atoms with van der Waals surface area (Å²) in [6.07, 6.45) is 0. The monoisotopic (exact) mass is 331 g/mol. The van der Waals surface area contributed by atoms with Gasteiger partial charge in [-0.15, -0.1) is 0 Å². The number of hydrogen-bond donors (Lipinski definition) is 2. The summed E-state index contributed by atoms with van der Waals surface area (Å²) in [5.41, 5.74) is 3.51. The van der Waals surface area contributed by atoms with Crippen molar-refractivity contribution in [3.05, 3.63) is 53.3 Å². The second kappa shape index (κ2) is 5.64. The van der Waals surface area contributed by atoms with E-state index in [4.69, 9.17) is 5.14 Å².